The van der Waals surface area contributed by atoms with Crippen molar-refractivity contribution in [2.45, 2.75) is 32.1 Å². The fourth-order valence-corrected chi connectivity index (χ4v) is 4.56. The third kappa shape index (κ3) is 3.75. The summed E-state index contributed by atoms with van der Waals surface area (Å²) < 4.78 is 0. The standard InChI is InChI=1S/C20H25N3O2S/c1-21-19(25)17-15-7-5-4-6-8-16(15)26-20(17)22-18(24)13-9-11-14(12-10-13)23(2)3/h9-12H,4-8H2,1-3H3,(H,21,25)(H,22,24). The molecule has 6 heteroatoms. The van der Waals surface area contributed by atoms with Gasteiger partial charge in [-0.15, -0.1) is 11.3 Å². The van der Waals surface area contributed by atoms with Gasteiger partial charge in [0, 0.05) is 37.3 Å². The number of carbonyl (C=O) groups is 2. The number of hydrogen-bond acceptors (Lipinski definition) is 4. The predicted octanol–water partition coefficient (Wildman–Crippen LogP) is 3.69. The maximum absolute atomic E-state index is 12.7. The van der Waals surface area contributed by atoms with Crippen LogP contribution in [0.4, 0.5) is 10.7 Å². The molecular formula is C20H25N3O2S. The maximum Gasteiger partial charge on any atom is 0.256 e. The Kier molecular flexibility index (Phi) is 5.61. The first-order chi connectivity index (χ1) is 12.5. The quantitative estimate of drug-likeness (QED) is 0.806. The number of fused-ring (bicyclic) bond motifs is 1. The second-order valence-electron chi connectivity index (χ2n) is 6.74. The highest BCUT2D eigenvalue weighted by atomic mass is 32.1. The van der Waals surface area contributed by atoms with Gasteiger partial charge in [-0.05, 0) is 55.5 Å². The Morgan fingerprint density at radius 3 is 2.35 bits per heavy atom. The van der Waals surface area contributed by atoms with Crippen LogP contribution in [0.25, 0.3) is 0 Å². The smallest absolute Gasteiger partial charge is 0.256 e. The number of amides is 2. The molecule has 1 heterocycles. The van der Waals surface area contributed by atoms with Crippen LogP contribution < -0.4 is 15.5 Å². The van der Waals surface area contributed by atoms with Gasteiger partial charge in [-0.1, -0.05) is 6.42 Å². The molecule has 5 nitrogen and oxygen atoms in total. The number of rotatable bonds is 4. The van der Waals surface area contributed by atoms with E-state index in [1.807, 2.05) is 43.3 Å². The number of benzene rings is 1. The Morgan fingerprint density at radius 2 is 1.69 bits per heavy atom. The zero-order valence-electron chi connectivity index (χ0n) is 15.5. The van der Waals surface area contributed by atoms with E-state index in [1.54, 1.807) is 18.4 Å². The monoisotopic (exact) mass is 371 g/mol. The van der Waals surface area contributed by atoms with Gasteiger partial charge in [-0.2, -0.15) is 0 Å². The van der Waals surface area contributed by atoms with E-state index in [2.05, 4.69) is 10.6 Å². The van der Waals surface area contributed by atoms with Gasteiger partial charge in [0.25, 0.3) is 11.8 Å². The molecule has 1 aromatic heterocycles. The van der Waals surface area contributed by atoms with E-state index in [0.717, 1.165) is 36.9 Å². The molecule has 0 spiro atoms. The summed E-state index contributed by atoms with van der Waals surface area (Å²) in [6.45, 7) is 0. The highest BCUT2D eigenvalue weighted by Gasteiger charge is 2.25. The molecular weight excluding hydrogens is 346 g/mol. The molecule has 0 radical (unpaired) electrons. The highest BCUT2D eigenvalue weighted by molar-refractivity contribution is 7.17. The van der Waals surface area contributed by atoms with Crippen molar-refractivity contribution in [3.05, 3.63) is 45.8 Å². The van der Waals surface area contributed by atoms with Crippen molar-refractivity contribution >= 4 is 33.8 Å². The number of carbonyl (C=O) groups excluding carboxylic acids is 2. The molecule has 2 aromatic rings. The van der Waals surface area contributed by atoms with Crippen LogP contribution in [0.1, 0.15) is 50.4 Å². The molecule has 2 N–H and O–H groups in total. The van der Waals surface area contributed by atoms with Crippen LogP contribution in [-0.4, -0.2) is 33.0 Å². The SMILES string of the molecule is CNC(=O)c1c(NC(=O)c2ccc(N(C)C)cc2)sc2c1CCCCC2. The van der Waals surface area contributed by atoms with Crippen molar-refractivity contribution in [2.75, 3.05) is 31.4 Å². The fourth-order valence-electron chi connectivity index (χ4n) is 3.28. The van der Waals surface area contributed by atoms with Gasteiger partial charge in [0.15, 0.2) is 0 Å². The minimum Gasteiger partial charge on any atom is -0.378 e. The zero-order chi connectivity index (χ0) is 18.7. The summed E-state index contributed by atoms with van der Waals surface area (Å²) in [5.74, 6) is -0.306. The van der Waals surface area contributed by atoms with E-state index in [9.17, 15) is 9.59 Å². The summed E-state index contributed by atoms with van der Waals surface area (Å²) in [5, 5.41) is 6.36. The molecule has 1 aliphatic carbocycles. The van der Waals surface area contributed by atoms with Crippen LogP contribution in [0.2, 0.25) is 0 Å². The van der Waals surface area contributed by atoms with Crippen LogP contribution in [0.5, 0.6) is 0 Å². The van der Waals surface area contributed by atoms with Crippen LogP contribution in [0.15, 0.2) is 24.3 Å². The second-order valence-corrected chi connectivity index (χ2v) is 7.85. The first-order valence-electron chi connectivity index (χ1n) is 8.96. The van der Waals surface area contributed by atoms with Gasteiger partial charge in [0.1, 0.15) is 5.00 Å². The maximum atomic E-state index is 12.7. The highest BCUT2D eigenvalue weighted by Crippen LogP contribution is 2.37. The van der Waals surface area contributed by atoms with Gasteiger partial charge in [-0.25, -0.2) is 0 Å². The Morgan fingerprint density at radius 1 is 1.00 bits per heavy atom. The van der Waals surface area contributed by atoms with E-state index in [-0.39, 0.29) is 11.8 Å². The summed E-state index contributed by atoms with van der Waals surface area (Å²) in [5.41, 5.74) is 3.38. The minimum atomic E-state index is -0.183. The third-order valence-corrected chi connectivity index (χ3v) is 5.96. The molecule has 0 saturated heterocycles. The predicted molar refractivity (Wildman–Crippen MR) is 108 cm³/mol. The van der Waals surface area contributed by atoms with Gasteiger partial charge < -0.3 is 15.5 Å². The van der Waals surface area contributed by atoms with Crippen molar-refractivity contribution in [1.29, 1.82) is 0 Å². The van der Waals surface area contributed by atoms with Crippen molar-refractivity contribution in [1.82, 2.24) is 5.32 Å². The van der Waals surface area contributed by atoms with Crippen LogP contribution in [0.3, 0.4) is 0 Å². The first kappa shape index (κ1) is 18.5. The van der Waals surface area contributed by atoms with Crippen molar-refractivity contribution in [2.24, 2.45) is 0 Å². The van der Waals surface area contributed by atoms with Gasteiger partial charge in [-0.3, -0.25) is 9.59 Å². The van der Waals surface area contributed by atoms with E-state index in [0.29, 0.717) is 16.1 Å². The van der Waals surface area contributed by atoms with E-state index < -0.39 is 0 Å². The Labute approximate surface area is 158 Å². The Hall–Kier alpha value is -2.34. The molecule has 2 amide bonds. The minimum absolute atomic E-state index is 0.123. The largest absolute Gasteiger partial charge is 0.378 e. The van der Waals surface area contributed by atoms with E-state index in [4.69, 9.17) is 0 Å². The first-order valence-corrected chi connectivity index (χ1v) is 9.78. The van der Waals surface area contributed by atoms with Crippen molar-refractivity contribution < 1.29 is 9.59 Å². The Balaban J connectivity index is 1.89. The third-order valence-electron chi connectivity index (χ3n) is 4.75. The number of nitrogens with one attached hydrogen (secondary N) is 2. The summed E-state index contributed by atoms with van der Waals surface area (Å²) in [4.78, 5) is 28.4. The van der Waals surface area contributed by atoms with Crippen LogP contribution in [-0.2, 0) is 12.8 Å². The van der Waals surface area contributed by atoms with Crippen molar-refractivity contribution in [3.8, 4) is 0 Å². The summed E-state index contributed by atoms with van der Waals surface area (Å²) in [7, 11) is 5.56. The topological polar surface area (TPSA) is 61.4 Å². The molecule has 0 unspecified atom stereocenters. The van der Waals surface area contributed by atoms with Gasteiger partial charge >= 0.3 is 0 Å². The lowest BCUT2D eigenvalue weighted by Gasteiger charge is -2.12. The van der Waals surface area contributed by atoms with Gasteiger partial charge in [0.05, 0.1) is 5.56 Å². The average Bonchev–Trinajstić information content (AvgIpc) is 2.81. The van der Waals surface area contributed by atoms with E-state index >= 15 is 0 Å². The number of nitrogens with zero attached hydrogens (tertiary/aromatic N) is 1. The average molecular weight is 372 g/mol. The van der Waals surface area contributed by atoms with Crippen LogP contribution >= 0.6 is 11.3 Å². The molecule has 3 rings (SSSR count). The molecule has 0 saturated carbocycles. The van der Waals surface area contributed by atoms with Crippen LogP contribution in [0, 0.1) is 0 Å². The Bertz CT molecular complexity index is 809. The van der Waals surface area contributed by atoms with Gasteiger partial charge in [0.2, 0.25) is 0 Å². The summed E-state index contributed by atoms with van der Waals surface area (Å²) >= 11 is 1.55. The zero-order valence-corrected chi connectivity index (χ0v) is 16.3. The molecule has 0 bridgehead atoms. The molecule has 26 heavy (non-hydrogen) atoms. The molecule has 138 valence electrons. The lowest BCUT2D eigenvalue weighted by atomic mass is 10.0. The number of anilines is 2. The number of aryl methyl sites for hydroxylation is 1. The molecule has 0 atom stereocenters. The fraction of sp³-hybridized carbons (Fsp3) is 0.400. The normalized spacial score (nSPS) is 13.5. The lowest BCUT2D eigenvalue weighted by Crippen LogP contribution is -2.21. The van der Waals surface area contributed by atoms with Crippen molar-refractivity contribution in [3.63, 3.8) is 0 Å². The number of hydrogen-bond donors (Lipinski definition) is 2. The molecule has 0 fully saturated rings. The lowest BCUT2D eigenvalue weighted by molar-refractivity contribution is 0.0963. The van der Waals surface area contributed by atoms with E-state index in [1.165, 1.54) is 11.3 Å². The summed E-state index contributed by atoms with van der Waals surface area (Å²) in [6, 6.07) is 7.45. The second kappa shape index (κ2) is 7.91. The summed E-state index contributed by atoms with van der Waals surface area (Å²) in [6.07, 6.45) is 5.31. The molecule has 1 aromatic carbocycles. The number of thiophene rings is 1. The molecule has 0 aliphatic heterocycles. The molecule has 1 aliphatic rings.